The molecule has 0 aromatic carbocycles. The van der Waals surface area contributed by atoms with Crippen LogP contribution in [0.2, 0.25) is 0 Å². The number of hydrogen-bond donors (Lipinski definition) is 1. The number of thiophene rings is 1. The highest BCUT2D eigenvalue weighted by atomic mass is 32.2. The topological polar surface area (TPSA) is 62.3 Å². The maximum absolute atomic E-state index is 12.3. The molecule has 0 saturated heterocycles. The molecule has 0 fully saturated rings. The number of thioether (sulfide) groups is 1. The molecule has 0 radical (unpaired) electrons. The number of anilines is 1. The number of carbonyl (C=O) groups excluding carboxylic acids is 2. The number of nitrogens with zero attached hydrogens (tertiary/aromatic N) is 2. The largest absolute Gasteiger partial charge is 0.350 e. The molecule has 0 aliphatic carbocycles. The second-order valence-electron chi connectivity index (χ2n) is 6.39. The zero-order chi connectivity index (χ0) is 17.8. The summed E-state index contributed by atoms with van der Waals surface area (Å²) in [4.78, 5) is 31.5. The Labute approximate surface area is 155 Å². The van der Waals surface area contributed by atoms with Gasteiger partial charge in [0.25, 0.3) is 0 Å². The van der Waals surface area contributed by atoms with E-state index in [0.29, 0.717) is 18.2 Å². The highest BCUT2D eigenvalue weighted by Gasteiger charge is 2.28. The Morgan fingerprint density at radius 2 is 2.28 bits per heavy atom. The van der Waals surface area contributed by atoms with Gasteiger partial charge in [-0.05, 0) is 30.0 Å². The van der Waals surface area contributed by atoms with Gasteiger partial charge in [0.15, 0.2) is 0 Å². The minimum atomic E-state index is -0.160. The van der Waals surface area contributed by atoms with E-state index in [1.807, 2.05) is 12.1 Å². The minimum absolute atomic E-state index is 0.0112. The third-order valence-corrected chi connectivity index (χ3v) is 6.18. The molecule has 132 valence electrons. The van der Waals surface area contributed by atoms with Gasteiger partial charge < -0.3 is 10.2 Å². The van der Waals surface area contributed by atoms with Gasteiger partial charge in [-0.2, -0.15) is 0 Å². The normalized spacial score (nSPS) is 13.9. The van der Waals surface area contributed by atoms with E-state index < -0.39 is 0 Å². The second kappa shape index (κ2) is 8.01. The summed E-state index contributed by atoms with van der Waals surface area (Å²) < 4.78 is 1.13. The molecule has 0 unspecified atom stereocenters. The highest BCUT2D eigenvalue weighted by molar-refractivity contribution is 8.02. The summed E-state index contributed by atoms with van der Waals surface area (Å²) in [6.45, 7) is 4.84. The summed E-state index contributed by atoms with van der Waals surface area (Å²) in [5, 5.41) is 2.86. The van der Waals surface area contributed by atoms with Crippen LogP contribution < -0.4 is 10.2 Å². The van der Waals surface area contributed by atoms with Gasteiger partial charge in [-0.15, -0.1) is 23.1 Å². The molecule has 3 heterocycles. The molecule has 1 N–H and O–H groups in total. The molecule has 1 aliphatic rings. The molecule has 0 saturated carbocycles. The first-order valence-electron chi connectivity index (χ1n) is 8.24. The van der Waals surface area contributed by atoms with Crippen molar-refractivity contribution >= 4 is 40.6 Å². The van der Waals surface area contributed by atoms with Crippen molar-refractivity contribution in [2.75, 3.05) is 17.2 Å². The standard InChI is InChI=1S/C18H21N3O2S2/c1-12(2)6-14-7-15-18(25-14)24-11-17(23)21(15)10-16(22)20-9-13-4-3-5-19-8-13/h3-5,7-8,12H,6,9-11H2,1-2H3,(H,20,22). The highest BCUT2D eigenvalue weighted by Crippen LogP contribution is 2.42. The lowest BCUT2D eigenvalue weighted by molar-refractivity contribution is -0.123. The number of pyridine rings is 1. The third-order valence-electron chi connectivity index (χ3n) is 3.77. The summed E-state index contributed by atoms with van der Waals surface area (Å²) in [6.07, 6.45) is 4.41. The van der Waals surface area contributed by atoms with Crippen LogP contribution in [0.3, 0.4) is 0 Å². The van der Waals surface area contributed by atoms with Crippen molar-refractivity contribution in [1.82, 2.24) is 10.3 Å². The summed E-state index contributed by atoms with van der Waals surface area (Å²) in [7, 11) is 0. The van der Waals surface area contributed by atoms with Gasteiger partial charge >= 0.3 is 0 Å². The monoisotopic (exact) mass is 375 g/mol. The zero-order valence-corrected chi connectivity index (χ0v) is 16.0. The maximum atomic E-state index is 12.3. The minimum Gasteiger partial charge on any atom is -0.350 e. The predicted octanol–water partition coefficient (Wildman–Crippen LogP) is 3.10. The number of rotatable bonds is 6. The zero-order valence-electron chi connectivity index (χ0n) is 14.3. The van der Waals surface area contributed by atoms with Crippen LogP contribution in [0.4, 0.5) is 5.69 Å². The Kier molecular flexibility index (Phi) is 5.75. The van der Waals surface area contributed by atoms with Gasteiger partial charge in [0.1, 0.15) is 6.54 Å². The van der Waals surface area contributed by atoms with E-state index in [1.54, 1.807) is 40.4 Å². The van der Waals surface area contributed by atoms with Gasteiger partial charge in [-0.25, -0.2) is 0 Å². The quantitative estimate of drug-likeness (QED) is 0.843. The lowest BCUT2D eigenvalue weighted by Crippen LogP contribution is -2.42. The molecule has 5 nitrogen and oxygen atoms in total. The van der Waals surface area contributed by atoms with Gasteiger partial charge in [0.2, 0.25) is 11.8 Å². The molecular weight excluding hydrogens is 354 g/mol. The third kappa shape index (κ3) is 4.61. The molecular formula is C18H21N3O2S2. The van der Waals surface area contributed by atoms with Crippen molar-refractivity contribution in [1.29, 1.82) is 0 Å². The number of carbonyl (C=O) groups is 2. The van der Waals surface area contributed by atoms with Crippen LogP contribution in [0.5, 0.6) is 0 Å². The van der Waals surface area contributed by atoms with E-state index in [1.165, 1.54) is 4.88 Å². The van der Waals surface area contributed by atoms with Crippen LogP contribution in [0.1, 0.15) is 24.3 Å². The fourth-order valence-corrected chi connectivity index (χ4v) is 5.18. The number of hydrogen-bond acceptors (Lipinski definition) is 5. The van der Waals surface area contributed by atoms with Crippen LogP contribution >= 0.6 is 23.1 Å². The molecule has 7 heteroatoms. The Morgan fingerprint density at radius 3 is 3.00 bits per heavy atom. The Morgan fingerprint density at radius 1 is 1.44 bits per heavy atom. The smallest absolute Gasteiger partial charge is 0.240 e. The average molecular weight is 376 g/mol. The van der Waals surface area contributed by atoms with Crippen molar-refractivity contribution in [3.63, 3.8) is 0 Å². The number of fused-ring (bicyclic) bond motifs is 1. The van der Waals surface area contributed by atoms with Crippen LogP contribution in [0.25, 0.3) is 0 Å². The van der Waals surface area contributed by atoms with Crippen molar-refractivity contribution in [2.24, 2.45) is 5.92 Å². The van der Waals surface area contributed by atoms with E-state index >= 15 is 0 Å². The number of amides is 2. The Bertz CT molecular complexity index is 759. The predicted molar refractivity (Wildman–Crippen MR) is 102 cm³/mol. The molecule has 1 aliphatic heterocycles. The first-order valence-corrected chi connectivity index (χ1v) is 10.0. The molecule has 25 heavy (non-hydrogen) atoms. The average Bonchev–Trinajstić information content (AvgIpc) is 2.98. The van der Waals surface area contributed by atoms with Crippen molar-refractivity contribution in [2.45, 2.75) is 31.0 Å². The van der Waals surface area contributed by atoms with Crippen LogP contribution in [-0.2, 0) is 22.6 Å². The van der Waals surface area contributed by atoms with Gasteiger partial charge in [-0.3, -0.25) is 14.6 Å². The molecule has 3 rings (SSSR count). The fraction of sp³-hybridized carbons (Fsp3) is 0.389. The Hall–Kier alpha value is -1.86. The van der Waals surface area contributed by atoms with Crippen LogP contribution in [0, 0.1) is 5.92 Å². The molecule has 2 aromatic rings. The summed E-state index contributed by atoms with van der Waals surface area (Å²) in [6, 6.07) is 5.81. The van der Waals surface area contributed by atoms with Crippen molar-refractivity contribution in [3.05, 3.63) is 41.0 Å². The summed E-state index contributed by atoms with van der Waals surface area (Å²) in [5.74, 6) is 0.788. The van der Waals surface area contributed by atoms with Crippen molar-refractivity contribution < 1.29 is 9.59 Å². The summed E-state index contributed by atoms with van der Waals surface area (Å²) >= 11 is 3.31. The Balaban J connectivity index is 1.66. The lowest BCUT2D eigenvalue weighted by Gasteiger charge is -2.25. The second-order valence-corrected chi connectivity index (χ2v) is 8.77. The lowest BCUT2D eigenvalue weighted by atomic mass is 10.1. The first kappa shape index (κ1) is 17.9. The maximum Gasteiger partial charge on any atom is 0.240 e. The van der Waals surface area contributed by atoms with Gasteiger partial charge in [0, 0.05) is 23.8 Å². The number of nitrogens with one attached hydrogen (secondary N) is 1. The molecule has 0 bridgehead atoms. The van der Waals surface area contributed by atoms with Crippen LogP contribution in [0.15, 0.2) is 34.8 Å². The van der Waals surface area contributed by atoms with E-state index in [-0.39, 0.29) is 18.4 Å². The van der Waals surface area contributed by atoms with E-state index in [0.717, 1.165) is 21.9 Å². The van der Waals surface area contributed by atoms with Gasteiger partial charge in [-0.1, -0.05) is 19.9 Å². The number of aromatic nitrogens is 1. The molecule has 2 aromatic heterocycles. The molecule has 2 amide bonds. The van der Waals surface area contributed by atoms with Crippen LogP contribution in [-0.4, -0.2) is 29.1 Å². The fourth-order valence-electron chi connectivity index (χ4n) is 2.62. The molecule has 0 spiro atoms. The summed E-state index contributed by atoms with van der Waals surface area (Å²) in [5.41, 5.74) is 1.82. The van der Waals surface area contributed by atoms with Gasteiger partial charge in [0.05, 0.1) is 15.6 Å². The molecule has 0 atom stereocenters. The first-order chi connectivity index (χ1) is 12.0. The van der Waals surface area contributed by atoms with E-state index in [4.69, 9.17) is 0 Å². The van der Waals surface area contributed by atoms with Crippen molar-refractivity contribution in [3.8, 4) is 0 Å². The van der Waals surface area contributed by atoms with E-state index in [2.05, 4.69) is 30.2 Å². The SMILES string of the molecule is CC(C)Cc1cc2c(s1)SCC(=O)N2CC(=O)NCc1cccnc1. The van der Waals surface area contributed by atoms with E-state index in [9.17, 15) is 9.59 Å².